The summed E-state index contributed by atoms with van der Waals surface area (Å²) in [6, 6.07) is 13.9. The molecule has 0 aliphatic heterocycles. The van der Waals surface area contributed by atoms with E-state index in [0.717, 1.165) is 25.7 Å². The number of rotatable bonds is 8. The molecular weight excluding hydrogens is 398 g/mol. The van der Waals surface area contributed by atoms with Crippen molar-refractivity contribution in [3.63, 3.8) is 0 Å². The number of nitrogens with zero attached hydrogens (tertiary/aromatic N) is 4. The third-order valence-electron chi connectivity index (χ3n) is 3.37. The Balaban J connectivity index is 1.43. The first-order valence-corrected chi connectivity index (χ1v) is 10.9. The zero-order chi connectivity index (χ0) is 18.9. The van der Waals surface area contributed by atoms with Crippen molar-refractivity contribution >= 4 is 46.5 Å². The smallest absolute Gasteiger partial charge is 0.250 e. The van der Waals surface area contributed by atoms with Gasteiger partial charge < -0.3 is 0 Å². The molecule has 1 amide bonds. The summed E-state index contributed by atoms with van der Waals surface area (Å²) in [5.41, 5.74) is 5.45. The molecule has 2 heterocycles. The SMILES string of the molecule is C/C(=N\NC(=O)CSc1nnc(SCc2ccccc2)s1)c1ccncc1. The van der Waals surface area contributed by atoms with Gasteiger partial charge in [-0.1, -0.05) is 65.2 Å². The van der Waals surface area contributed by atoms with Gasteiger partial charge in [-0.3, -0.25) is 9.78 Å². The van der Waals surface area contributed by atoms with Crippen molar-refractivity contribution in [2.75, 3.05) is 5.75 Å². The second-order valence-corrected chi connectivity index (χ2v) is 8.79. The summed E-state index contributed by atoms with van der Waals surface area (Å²) in [5, 5.41) is 12.4. The molecule has 0 radical (unpaired) electrons. The Bertz CT molecular complexity index is 900. The molecule has 27 heavy (non-hydrogen) atoms. The highest BCUT2D eigenvalue weighted by Gasteiger charge is 2.09. The maximum atomic E-state index is 12.0. The normalized spacial score (nSPS) is 11.4. The van der Waals surface area contributed by atoms with E-state index in [1.807, 2.05) is 37.3 Å². The Labute approximate surface area is 169 Å². The Hall–Kier alpha value is -2.23. The van der Waals surface area contributed by atoms with Gasteiger partial charge in [0.05, 0.1) is 11.5 Å². The lowest BCUT2D eigenvalue weighted by atomic mass is 10.2. The highest BCUT2D eigenvalue weighted by Crippen LogP contribution is 2.30. The number of nitrogens with one attached hydrogen (secondary N) is 1. The molecule has 138 valence electrons. The zero-order valence-electron chi connectivity index (χ0n) is 14.5. The molecule has 0 aliphatic carbocycles. The van der Waals surface area contributed by atoms with Gasteiger partial charge in [-0.2, -0.15) is 5.10 Å². The van der Waals surface area contributed by atoms with E-state index in [9.17, 15) is 4.79 Å². The number of thioether (sulfide) groups is 2. The van der Waals surface area contributed by atoms with Crippen LogP contribution in [-0.4, -0.2) is 32.6 Å². The third kappa shape index (κ3) is 6.46. The second-order valence-electron chi connectivity index (χ2n) is 5.36. The monoisotopic (exact) mass is 415 g/mol. The van der Waals surface area contributed by atoms with Gasteiger partial charge in [0.1, 0.15) is 0 Å². The molecule has 0 bridgehead atoms. The lowest BCUT2D eigenvalue weighted by molar-refractivity contribution is -0.118. The largest absolute Gasteiger partial charge is 0.272 e. The van der Waals surface area contributed by atoms with Crippen LogP contribution in [0.4, 0.5) is 0 Å². The summed E-state index contributed by atoms with van der Waals surface area (Å²) >= 11 is 4.50. The van der Waals surface area contributed by atoms with E-state index in [2.05, 4.69) is 37.8 Å². The first kappa shape index (κ1) is 19.5. The molecule has 2 aromatic heterocycles. The Morgan fingerprint density at radius 3 is 2.52 bits per heavy atom. The summed E-state index contributed by atoms with van der Waals surface area (Å²) in [6.45, 7) is 1.84. The van der Waals surface area contributed by atoms with Crippen LogP contribution < -0.4 is 5.43 Å². The number of hydrogen-bond donors (Lipinski definition) is 1. The molecular formula is C18H17N5OS3. The second kappa shape index (κ2) is 10.2. The molecule has 1 aromatic carbocycles. The zero-order valence-corrected chi connectivity index (χ0v) is 17.0. The highest BCUT2D eigenvalue weighted by atomic mass is 32.2. The van der Waals surface area contributed by atoms with Crippen molar-refractivity contribution in [3.05, 3.63) is 66.0 Å². The van der Waals surface area contributed by atoms with Crippen LogP contribution in [0, 0.1) is 0 Å². The quantitative estimate of drug-likeness (QED) is 0.342. The van der Waals surface area contributed by atoms with Crippen LogP contribution in [0.5, 0.6) is 0 Å². The van der Waals surface area contributed by atoms with Gasteiger partial charge >= 0.3 is 0 Å². The van der Waals surface area contributed by atoms with Crippen molar-refractivity contribution in [1.29, 1.82) is 0 Å². The van der Waals surface area contributed by atoms with E-state index in [-0.39, 0.29) is 11.7 Å². The number of carbonyl (C=O) groups is 1. The van der Waals surface area contributed by atoms with E-state index in [4.69, 9.17) is 0 Å². The van der Waals surface area contributed by atoms with Crippen molar-refractivity contribution in [2.45, 2.75) is 21.4 Å². The van der Waals surface area contributed by atoms with E-state index < -0.39 is 0 Å². The molecule has 1 N–H and O–H groups in total. The Morgan fingerprint density at radius 2 is 1.78 bits per heavy atom. The van der Waals surface area contributed by atoms with Crippen LogP contribution in [-0.2, 0) is 10.5 Å². The van der Waals surface area contributed by atoms with E-state index in [1.54, 1.807) is 24.2 Å². The maximum absolute atomic E-state index is 12.0. The van der Waals surface area contributed by atoms with Crippen molar-refractivity contribution in [1.82, 2.24) is 20.6 Å². The van der Waals surface area contributed by atoms with Crippen LogP contribution in [0.1, 0.15) is 18.1 Å². The predicted molar refractivity (Wildman–Crippen MR) is 111 cm³/mol. The average molecular weight is 416 g/mol. The summed E-state index contributed by atoms with van der Waals surface area (Å²) in [6.07, 6.45) is 3.38. The summed E-state index contributed by atoms with van der Waals surface area (Å²) in [4.78, 5) is 15.9. The van der Waals surface area contributed by atoms with Crippen LogP contribution in [0.25, 0.3) is 0 Å². The van der Waals surface area contributed by atoms with Gasteiger partial charge in [0.15, 0.2) is 8.68 Å². The van der Waals surface area contributed by atoms with Crippen LogP contribution in [0.2, 0.25) is 0 Å². The lowest BCUT2D eigenvalue weighted by Crippen LogP contribution is -2.21. The molecule has 3 rings (SSSR count). The van der Waals surface area contributed by atoms with Crippen LogP contribution in [0.3, 0.4) is 0 Å². The van der Waals surface area contributed by atoms with Gasteiger partial charge in [-0.25, -0.2) is 5.43 Å². The number of aromatic nitrogens is 3. The maximum Gasteiger partial charge on any atom is 0.250 e. The first-order chi connectivity index (χ1) is 13.2. The third-order valence-corrected chi connectivity index (χ3v) is 6.63. The fraction of sp³-hybridized carbons (Fsp3) is 0.167. The topological polar surface area (TPSA) is 80.1 Å². The first-order valence-electron chi connectivity index (χ1n) is 8.07. The minimum atomic E-state index is -0.179. The van der Waals surface area contributed by atoms with Crippen molar-refractivity contribution in [3.8, 4) is 0 Å². The standard InChI is InChI=1S/C18H17N5OS3/c1-13(15-7-9-19-10-8-15)20-21-16(24)12-26-18-23-22-17(27-18)25-11-14-5-3-2-4-6-14/h2-10H,11-12H2,1H3,(H,21,24)/b20-13+. The molecule has 0 aliphatic rings. The van der Waals surface area contributed by atoms with Gasteiger partial charge in [0.2, 0.25) is 0 Å². The van der Waals surface area contributed by atoms with E-state index in [0.29, 0.717) is 0 Å². The summed E-state index contributed by atoms with van der Waals surface area (Å²) < 4.78 is 1.67. The Morgan fingerprint density at radius 1 is 1.07 bits per heavy atom. The molecule has 0 atom stereocenters. The molecule has 3 aromatic rings. The minimum Gasteiger partial charge on any atom is -0.272 e. The fourth-order valence-corrected chi connectivity index (χ4v) is 4.76. The highest BCUT2D eigenvalue weighted by molar-refractivity contribution is 8.03. The number of hydrogen-bond acceptors (Lipinski definition) is 8. The molecule has 0 unspecified atom stereocenters. The molecule has 0 spiro atoms. The lowest BCUT2D eigenvalue weighted by Gasteiger charge is -2.01. The van der Waals surface area contributed by atoms with E-state index >= 15 is 0 Å². The number of benzene rings is 1. The Kier molecular flexibility index (Phi) is 7.37. The van der Waals surface area contributed by atoms with Gasteiger partial charge in [0, 0.05) is 23.7 Å². The molecule has 9 heteroatoms. The molecule has 6 nitrogen and oxygen atoms in total. The molecule has 0 saturated heterocycles. The van der Waals surface area contributed by atoms with Crippen LogP contribution >= 0.6 is 34.9 Å². The number of carbonyl (C=O) groups excluding carboxylic acids is 1. The van der Waals surface area contributed by atoms with Crippen LogP contribution in [0.15, 0.2) is 68.6 Å². The summed E-state index contributed by atoms with van der Waals surface area (Å²) in [5.74, 6) is 0.913. The van der Waals surface area contributed by atoms with E-state index in [1.165, 1.54) is 28.7 Å². The van der Waals surface area contributed by atoms with Gasteiger partial charge in [-0.05, 0) is 24.6 Å². The van der Waals surface area contributed by atoms with Crippen molar-refractivity contribution < 1.29 is 4.79 Å². The number of hydrazone groups is 1. The molecule has 0 saturated carbocycles. The van der Waals surface area contributed by atoms with Crippen molar-refractivity contribution in [2.24, 2.45) is 5.10 Å². The summed E-state index contributed by atoms with van der Waals surface area (Å²) in [7, 11) is 0. The number of amides is 1. The fourth-order valence-electron chi connectivity index (χ4n) is 2.00. The number of pyridine rings is 1. The average Bonchev–Trinajstić information content (AvgIpc) is 3.18. The van der Waals surface area contributed by atoms with Gasteiger partial charge in [0.25, 0.3) is 5.91 Å². The van der Waals surface area contributed by atoms with Gasteiger partial charge in [-0.15, -0.1) is 10.2 Å². The molecule has 0 fully saturated rings. The predicted octanol–water partition coefficient (Wildman–Crippen LogP) is 3.86. The minimum absolute atomic E-state index is 0.179.